The van der Waals surface area contributed by atoms with Crippen LogP contribution < -0.4 is 14.8 Å². The average molecular weight is 414 g/mol. The Morgan fingerprint density at radius 1 is 1.17 bits per heavy atom. The first-order chi connectivity index (χ1) is 14.7. The van der Waals surface area contributed by atoms with Gasteiger partial charge < -0.3 is 14.8 Å². The molecule has 8 heteroatoms. The molecule has 4 rings (SSSR count). The summed E-state index contributed by atoms with van der Waals surface area (Å²) in [4.78, 5) is 14.9. The fraction of sp³-hybridized carbons (Fsp3) is 0.591. The summed E-state index contributed by atoms with van der Waals surface area (Å²) < 4.78 is 12.8. The first-order valence-electron chi connectivity index (χ1n) is 10.8. The molecule has 2 aliphatic rings. The summed E-state index contributed by atoms with van der Waals surface area (Å²) in [6.07, 6.45) is 8.39. The Bertz CT molecular complexity index is 862. The van der Waals surface area contributed by atoms with Gasteiger partial charge in [0, 0.05) is 24.7 Å². The standard InChI is InChI=1S/C22H31N5O3/c1-29-19-9-10-21(30-2)16(12-19)13-26-11-5-8-18(14-26)27-15-20(24-25-27)22(28)23-17-6-3-4-7-17/h9-10,12,15,17-18H,3-8,11,13-14H2,1-2H3,(H,23,28)/t18-/m1/s1. The van der Waals surface area contributed by atoms with Crippen LogP contribution in [0.15, 0.2) is 24.4 Å². The minimum atomic E-state index is -0.109. The summed E-state index contributed by atoms with van der Waals surface area (Å²) >= 11 is 0. The number of rotatable bonds is 7. The molecule has 1 aromatic carbocycles. The van der Waals surface area contributed by atoms with E-state index in [-0.39, 0.29) is 18.0 Å². The molecular weight excluding hydrogens is 382 g/mol. The highest BCUT2D eigenvalue weighted by atomic mass is 16.5. The molecule has 2 heterocycles. The van der Waals surface area contributed by atoms with Gasteiger partial charge in [-0.3, -0.25) is 9.69 Å². The van der Waals surface area contributed by atoms with Gasteiger partial charge in [0.2, 0.25) is 0 Å². The third-order valence-corrected chi connectivity index (χ3v) is 6.17. The molecular formula is C22H31N5O3. The monoisotopic (exact) mass is 413 g/mol. The second-order valence-corrected chi connectivity index (χ2v) is 8.25. The quantitative estimate of drug-likeness (QED) is 0.752. The lowest BCUT2D eigenvalue weighted by Gasteiger charge is -2.32. The van der Waals surface area contributed by atoms with Gasteiger partial charge in [-0.05, 0) is 50.4 Å². The fourth-order valence-electron chi connectivity index (χ4n) is 4.53. The number of benzene rings is 1. The lowest BCUT2D eigenvalue weighted by atomic mass is 10.0. The minimum Gasteiger partial charge on any atom is -0.497 e. The van der Waals surface area contributed by atoms with Crippen LogP contribution >= 0.6 is 0 Å². The zero-order valence-electron chi connectivity index (χ0n) is 17.8. The maximum Gasteiger partial charge on any atom is 0.273 e. The van der Waals surface area contributed by atoms with Crippen LogP contribution in [0.25, 0.3) is 0 Å². The van der Waals surface area contributed by atoms with E-state index in [2.05, 4.69) is 20.5 Å². The molecule has 0 spiro atoms. The van der Waals surface area contributed by atoms with Gasteiger partial charge in [-0.25, -0.2) is 4.68 Å². The number of ether oxygens (including phenoxy) is 2. The van der Waals surface area contributed by atoms with Gasteiger partial charge in [0.15, 0.2) is 5.69 Å². The summed E-state index contributed by atoms with van der Waals surface area (Å²) in [6, 6.07) is 6.38. The highest BCUT2D eigenvalue weighted by molar-refractivity contribution is 5.92. The van der Waals surface area contributed by atoms with Gasteiger partial charge in [-0.15, -0.1) is 5.10 Å². The van der Waals surface area contributed by atoms with Crippen molar-refractivity contribution in [1.82, 2.24) is 25.2 Å². The molecule has 2 fully saturated rings. The van der Waals surface area contributed by atoms with Crippen molar-refractivity contribution >= 4 is 5.91 Å². The largest absolute Gasteiger partial charge is 0.497 e. The molecule has 0 radical (unpaired) electrons. The molecule has 1 saturated heterocycles. The third kappa shape index (κ3) is 4.75. The van der Waals surface area contributed by atoms with E-state index in [0.29, 0.717) is 5.69 Å². The molecule has 1 atom stereocenters. The van der Waals surface area contributed by atoms with Crippen molar-refractivity contribution in [3.63, 3.8) is 0 Å². The van der Waals surface area contributed by atoms with E-state index in [1.165, 1.54) is 12.8 Å². The molecule has 1 aliphatic heterocycles. The van der Waals surface area contributed by atoms with Crippen LogP contribution in [0.3, 0.4) is 0 Å². The molecule has 162 valence electrons. The lowest BCUT2D eigenvalue weighted by molar-refractivity contribution is 0.0932. The van der Waals surface area contributed by atoms with Gasteiger partial charge in [0.25, 0.3) is 5.91 Å². The molecule has 1 amide bonds. The van der Waals surface area contributed by atoms with E-state index in [1.54, 1.807) is 20.4 Å². The first kappa shape index (κ1) is 20.7. The third-order valence-electron chi connectivity index (χ3n) is 6.17. The second-order valence-electron chi connectivity index (χ2n) is 8.25. The zero-order valence-corrected chi connectivity index (χ0v) is 17.8. The van der Waals surface area contributed by atoms with Crippen molar-refractivity contribution in [2.45, 2.75) is 57.2 Å². The molecule has 1 N–H and O–H groups in total. The normalized spacial score (nSPS) is 20.3. The topological polar surface area (TPSA) is 81.5 Å². The Morgan fingerprint density at radius 2 is 2.00 bits per heavy atom. The summed E-state index contributed by atoms with van der Waals surface area (Å²) in [7, 11) is 3.37. The molecule has 0 unspecified atom stereocenters. The highest BCUT2D eigenvalue weighted by Gasteiger charge is 2.25. The van der Waals surface area contributed by atoms with Crippen molar-refractivity contribution in [2.24, 2.45) is 0 Å². The maximum atomic E-state index is 12.5. The van der Waals surface area contributed by atoms with E-state index in [0.717, 1.165) is 62.4 Å². The number of carbonyl (C=O) groups excluding carboxylic acids is 1. The lowest BCUT2D eigenvalue weighted by Crippen LogP contribution is -2.36. The predicted octanol–water partition coefficient (Wildman–Crippen LogP) is 2.80. The number of carbonyl (C=O) groups is 1. The van der Waals surface area contributed by atoms with Gasteiger partial charge >= 0.3 is 0 Å². The van der Waals surface area contributed by atoms with Crippen LogP contribution in [0.2, 0.25) is 0 Å². The molecule has 30 heavy (non-hydrogen) atoms. The molecule has 1 saturated carbocycles. The molecule has 0 bridgehead atoms. The summed E-state index contributed by atoms with van der Waals surface area (Å²) in [5.74, 6) is 1.58. The van der Waals surface area contributed by atoms with E-state index in [1.807, 2.05) is 22.9 Å². The second kappa shape index (κ2) is 9.47. The number of hydrogen-bond acceptors (Lipinski definition) is 6. The maximum absolute atomic E-state index is 12.5. The average Bonchev–Trinajstić information content (AvgIpc) is 3.46. The Morgan fingerprint density at radius 3 is 2.77 bits per heavy atom. The molecule has 2 aromatic rings. The van der Waals surface area contributed by atoms with Crippen molar-refractivity contribution in [3.05, 3.63) is 35.7 Å². The number of hydrogen-bond donors (Lipinski definition) is 1. The Balaban J connectivity index is 1.39. The van der Waals surface area contributed by atoms with Gasteiger partial charge in [-0.1, -0.05) is 18.1 Å². The van der Waals surface area contributed by atoms with Gasteiger partial charge in [-0.2, -0.15) is 0 Å². The van der Waals surface area contributed by atoms with Crippen LogP contribution in [-0.4, -0.2) is 59.2 Å². The van der Waals surface area contributed by atoms with E-state index < -0.39 is 0 Å². The van der Waals surface area contributed by atoms with Gasteiger partial charge in [0.1, 0.15) is 11.5 Å². The SMILES string of the molecule is COc1ccc(OC)c(CN2CCC[C@@H](n3cc(C(=O)NC4CCCC4)nn3)C2)c1. The summed E-state index contributed by atoms with van der Waals surface area (Å²) in [5.41, 5.74) is 1.52. The first-order valence-corrected chi connectivity index (χ1v) is 10.8. The predicted molar refractivity (Wildman–Crippen MR) is 113 cm³/mol. The van der Waals surface area contributed by atoms with Crippen molar-refractivity contribution < 1.29 is 14.3 Å². The van der Waals surface area contributed by atoms with E-state index >= 15 is 0 Å². The van der Waals surface area contributed by atoms with E-state index in [4.69, 9.17) is 9.47 Å². The number of likely N-dealkylation sites (tertiary alicyclic amines) is 1. The van der Waals surface area contributed by atoms with Crippen LogP contribution in [0.1, 0.15) is 60.6 Å². The highest BCUT2D eigenvalue weighted by Crippen LogP contribution is 2.28. The summed E-state index contributed by atoms with van der Waals surface area (Å²) in [5, 5.41) is 11.5. The zero-order chi connectivity index (χ0) is 20.9. The fourth-order valence-corrected chi connectivity index (χ4v) is 4.53. The molecule has 1 aliphatic carbocycles. The van der Waals surface area contributed by atoms with Crippen molar-refractivity contribution in [3.8, 4) is 11.5 Å². The molecule has 1 aromatic heterocycles. The number of aromatic nitrogens is 3. The Kier molecular flexibility index (Phi) is 6.52. The van der Waals surface area contributed by atoms with Crippen LogP contribution in [0.5, 0.6) is 11.5 Å². The number of nitrogens with one attached hydrogen (secondary N) is 1. The number of nitrogens with zero attached hydrogens (tertiary/aromatic N) is 4. The minimum absolute atomic E-state index is 0.109. The molecule has 8 nitrogen and oxygen atoms in total. The smallest absolute Gasteiger partial charge is 0.273 e. The van der Waals surface area contributed by atoms with Crippen LogP contribution in [0, 0.1) is 0 Å². The van der Waals surface area contributed by atoms with E-state index in [9.17, 15) is 4.79 Å². The summed E-state index contributed by atoms with van der Waals surface area (Å²) in [6.45, 7) is 2.65. The Hall–Kier alpha value is -2.61. The number of piperidine rings is 1. The number of amides is 1. The van der Waals surface area contributed by atoms with Gasteiger partial charge in [0.05, 0.1) is 26.5 Å². The van der Waals surface area contributed by atoms with Crippen molar-refractivity contribution in [1.29, 1.82) is 0 Å². The van der Waals surface area contributed by atoms with Crippen molar-refractivity contribution in [2.75, 3.05) is 27.3 Å². The van der Waals surface area contributed by atoms with Crippen LogP contribution in [0.4, 0.5) is 0 Å². The van der Waals surface area contributed by atoms with Crippen LogP contribution in [-0.2, 0) is 6.54 Å². The Labute approximate surface area is 177 Å². The number of methoxy groups -OCH3 is 2.